The summed E-state index contributed by atoms with van der Waals surface area (Å²) in [6.45, 7) is 1.11. The molecule has 4 nitrogen and oxygen atoms in total. The zero-order chi connectivity index (χ0) is 17.9. The van der Waals surface area contributed by atoms with Crippen molar-refractivity contribution in [1.82, 2.24) is 9.88 Å². The first-order valence-electron chi connectivity index (χ1n) is 9.13. The highest BCUT2D eigenvalue weighted by atomic mass is 16.2. The van der Waals surface area contributed by atoms with Crippen LogP contribution in [0.2, 0.25) is 0 Å². The quantitative estimate of drug-likeness (QED) is 0.765. The van der Waals surface area contributed by atoms with Gasteiger partial charge in [-0.1, -0.05) is 48.5 Å². The third kappa shape index (κ3) is 3.46. The standard InChI is InChI=1S/C22H23N3O/c1-25(14-16-8-3-2-4-9-16)15-21(26)24-22-17-10-5-6-12-19(17)23-20-13-7-11-18(20)22/h2-6,8-10,12H,7,11,13-15H2,1H3,(H,23,24,26). The van der Waals surface area contributed by atoms with Crippen LogP contribution in [0.3, 0.4) is 0 Å². The lowest BCUT2D eigenvalue weighted by atomic mass is 10.1. The van der Waals surface area contributed by atoms with Crippen molar-refractivity contribution in [2.24, 2.45) is 0 Å². The predicted molar refractivity (Wildman–Crippen MR) is 105 cm³/mol. The molecule has 0 saturated heterocycles. The van der Waals surface area contributed by atoms with Crippen molar-refractivity contribution in [2.45, 2.75) is 25.8 Å². The molecule has 2 aromatic carbocycles. The molecule has 1 aromatic heterocycles. The average molecular weight is 345 g/mol. The Kier molecular flexibility index (Phi) is 4.67. The first kappa shape index (κ1) is 16.7. The van der Waals surface area contributed by atoms with E-state index in [0.717, 1.165) is 48.1 Å². The second-order valence-electron chi connectivity index (χ2n) is 6.99. The van der Waals surface area contributed by atoms with Crippen LogP contribution in [-0.4, -0.2) is 29.4 Å². The molecule has 0 atom stereocenters. The number of pyridine rings is 1. The summed E-state index contributed by atoms with van der Waals surface area (Å²) < 4.78 is 0. The summed E-state index contributed by atoms with van der Waals surface area (Å²) >= 11 is 0. The number of carbonyl (C=O) groups excluding carboxylic acids is 1. The zero-order valence-corrected chi connectivity index (χ0v) is 15.0. The number of fused-ring (bicyclic) bond motifs is 2. The van der Waals surface area contributed by atoms with Crippen molar-refractivity contribution in [1.29, 1.82) is 0 Å². The molecule has 1 amide bonds. The SMILES string of the molecule is CN(CC(=O)Nc1c2c(nc3ccccc13)CCC2)Cc1ccccc1. The minimum absolute atomic E-state index is 0.0221. The molecule has 4 rings (SSSR count). The molecular formula is C22H23N3O. The first-order chi connectivity index (χ1) is 12.7. The number of para-hydroxylation sites is 1. The van der Waals surface area contributed by atoms with E-state index in [1.165, 1.54) is 11.1 Å². The van der Waals surface area contributed by atoms with Gasteiger partial charge in [0.1, 0.15) is 0 Å². The molecule has 0 spiro atoms. The number of nitrogens with one attached hydrogen (secondary N) is 1. The highest BCUT2D eigenvalue weighted by Crippen LogP contribution is 2.33. The van der Waals surface area contributed by atoms with Crippen molar-refractivity contribution >= 4 is 22.5 Å². The predicted octanol–water partition coefficient (Wildman–Crippen LogP) is 3.79. The van der Waals surface area contributed by atoms with Crippen LogP contribution in [0.4, 0.5) is 5.69 Å². The number of amides is 1. The van der Waals surface area contributed by atoms with Gasteiger partial charge in [-0.2, -0.15) is 0 Å². The molecule has 1 heterocycles. The average Bonchev–Trinajstić information content (AvgIpc) is 3.10. The molecule has 0 aliphatic heterocycles. The highest BCUT2D eigenvalue weighted by molar-refractivity contribution is 6.03. The second kappa shape index (κ2) is 7.26. The maximum atomic E-state index is 12.7. The van der Waals surface area contributed by atoms with E-state index in [9.17, 15) is 4.79 Å². The van der Waals surface area contributed by atoms with Gasteiger partial charge in [-0.05, 0) is 43.5 Å². The summed E-state index contributed by atoms with van der Waals surface area (Å²) in [4.78, 5) is 19.5. The van der Waals surface area contributed by atoms with Gasteiger partial charge in [-0.15, -0.1) is 0 Å². The Morgan fingerprint density at radius 2 is 1.85 bits per heavy atom. The van der Waals surface area contributed by atoms with Crippen LogP contribution in [0.15, 0.2) is 54.6 Å². The third-order valence-corrected chi connectivity index (χ3v) is 4.89. The molecule has 132 valence electrons. The lowest BCUT2D eigenvalue weighted by Crippen LogP contribution is -2.30. The van der Waals surface area contributed by atoms with Gasteiger partial charge in [0.2, 0.25) is 5.91 Å². The fourth-order valence-electron chi connectivity index (χ4n) is 3.73. The molecule has 3 aromatic rings. The van der Waals surface area contributed by atoms with Gasteiger partial charge < -0.3 is 5.32 Å². The maximum Gasteiger partial charge on any atom is 0.238 e. The van der Waals surface area contributed by atoms with Crippen LogP contribution >= 0.6 is 0 Å². The normalized spacial score (nSPS) is 13.2. The van der Waals surface area contributed by atoms with E-state index in [1.54, 1.807) is 0 Å². The van der Waals surface area contributed by atoms with Gasteiger partial charge in [0.15, 0.2) is 0 Å². The van der Waals surface area contributed by atoms with Crippen LogP contribution < -0.4 is 5.32 Å². The largest absolute Gasteiger partial charge is 0.324 e. The number of carbonyl (C=O) groups is 1. The van der Waals surface area contributed by atoms with E-state index >= 15 is 0 Å². The van der Waals surface area contributed by atoms with Crippen LogP contribution in [0.25, 0.3) is 10.9 Å². The van der Waals surface area contributed by atoms with E-state index in [2.05, 4.69) is 17.4 Å². The summed E-state index contributed by atoms with van der Waals surface area (Å²) in [5.74, 6) is 0.0221. The van der Waals surface area contributed by atoms with Crippen LogP contribution in [0.5, 0.6) is 0 Å². The molecule has 1 aliphatic carbocycles. The van der Waals surface area contributed by atoms with Crippen molar-refractivity contribution in [2.75, 3.05) is 18.9 Å². The van der Waals surface area contributed by atoms with Gasteiger partial charge in [0, 0.05) is 17.6 Å². The second-order valence-corrected chi connectivity index (χ2v) is 6.99. The Hall–Kier alpha value is -2.72. The monoisotopic (exact) mass is 345 g/mol. The number of hydrogen-bond donors (Lipinski definition) is 1. The van der Waals surface area contributed by atoms with Gasteiger partial charge in [0.05, 0.1) is 17.7 Å². The number of likely N-dealkylation sites (N-methyl/N-ethyl adjacent to an activating group) is 1. The molecule has 26 heavy (non-hydrogen) atoms. The van der Waals surface area contributed by atoms with Gasteiger partial charge in [-0.3, -0.25) is 14.7 Å². The molecule has 0 fully saturated rings. The lowest BCUT2D eigenvalue weighted by molar-refractivity contribution is -0.117. The van der Waals surface area contributed by atoms with E-state index in [0.29, 0.717) is 6.54 Å². The molecule has 1 N–H and O–H groups in total. The summed E-state index contributed by atoms with van der Waals surface area (Å²) in [5, 5.41) is 4.22. The number of aryl methyl sites for hydroxylation is 1. The van der Waals surface area contributed by atoms with Crippen molar-refractivity contribution < 1.29 is 4.79 Å². The fourth-order valence-corrected chi connectivity index (χ4v) is 3.73. The number of benzene rings is 2. The van der Waals surface area contributed by atoms with E-state index in [-0.39, 0.29) is 5.91 Å². The van der Waals surface area contributed by atoms with Crippen molar-refractivity contribution in [3.05, 3.63) is 71.4 Å². The Balaban J connectivity index is 1.53. The molecule has 0 unspecified atom stereocenters. The van der Waals surface area contributed by atoms with Gasteiger partial charge in [0.25, 0.3) is 0 Å². The van der Waals surface area contributed by atoms with E-state index < -0.39 is 0 Å². The number of nitrogens with zero attached hydrogens (tertiary/aromatic N) is 2. The number of hydrogen-bond acceptors (Lipinski definition) is 3. The van der Waals surface area contributed by atoms with Crippen molar-refractivity contribution in [3.63, 3.8) is 0 Å². The molecule has 0 radical (unpaired) electrons. The van der Waals surface area contributed by atoms with E-state index in [4.69, 9.17) is 4.98 Å². The van der Waals surface area contributed by atoms with Crippen LogP contribution in [0, 0.1) is 0 Å². The number of rotatable bonds is 5. The molecular weight excluding hydrogens is 322 g/mol. The zero-order valence-electron chi connectivity index (χ0n) is 15.0. The van der Waals surface area contributed by atoms with Gasteiger partial charge >= 0.3 is 0 Å². The molecule has 4 heteroatoms. The number of anilines is 1. The highest BCUT2D eigenvalue weighted by Gasteiger charge is 2.21. The van der Waals surface area contributed by atoms with E-state index in [1.807, 2.05) is 54.4 Å². The third-order valence-electron chi connectivity index (χ3n) is 4.89. The summed E-state index contributed by atoms with van der Waals surface area (Å²) in [5.41, 5.74) is 5.47. The molecule has 0 bridgehead atoms. The Morgan fingerprint density at radius 1 is 1.08 bits per heavy atom. The first-order valence-corrected chi connectivity index (χ1v) is 9.13. The van der Waals surface area contributed by atoms with Crippen molar-refractivity contribution in [3.8, 4) is 0 Å². The lowest BCUT2D eigenvalue weighted by Gasteiger charge is -2.18. The summed E-state index contributed by atoms with van der Waals surface area (Å²) in [6.07, 6.45) is 3.09. The maximum absolute atomic E-state index is 12.7. The minimum atomic E-state index is 0.0221. The Labute approximate surface area is 153 Å². The summed E-state index contributed by atoms with van der Waals surface area (Å²) in [7, 11) is 1.97. The Morgan fingerprint density at radius 3 is 2.69 bits per heavy atom. The fraction of sp³-hybridized carbons (Fsp3) is 0.273. The Bertz CT molecular complexity index is 937. The van der Waals surface area contributed by atoms with Gasteiger partial charge in [-0.25, -0.2) is 0 Å². The summed E-state index contributed by atoms with van der Waals surface area (Å²) in [6, 6.07) is 18.3. The smallest absolute Gasteiger partial charge is 0.238 e. The molecule has 1 aliphatic rings. The van der Waals surface area contributed by atoms with Crippen LogP contribution in [0.1, 0.15) is 23.2 Å². The molecule has 0 saturated carbocycles. The van der Waals surface area contributed by atoms with Crippen LogP contribution in [-0.2, 0) is 24.2 Å². The number of aromatic nitrogens is 1. The topological polar surface area (TPSA) is 45.2 Å². The minimum Gasteiger partial charge on any atom is -0.324 e.